The van der Waals surface area contributed by atoms with Gasteiger partial charge in [-0.3, -0.25) is 9.78 Å². The van der Waals surface area contributed by atoms with E-state index in [0.717, 1.165) is 33.5 Å². The van der Waals surface area contributed by atoms with Gasteiger partial charge >= 0.3 is 0 Å². The molecule has 1 heterocycles. The van der Waals surface area contributed by atoms with Gasteiger partial charge in [0, 0.05) is 53.3 Å². The van der Waals surface area contributed by atoms with E-state index in [2.05, 4.69) is 10.3 Å². The normalized spacial score (nSPS) is 11.1. The monoisotopic (exact) mass is 427 g/mol. The number of pyridine rings is 1. The van der Waals surface area contributed by atoms with Crippen molar-refractivity contribution in [1.82, 2.24) is 4.98 Å². The van der Waals surface area contributed by atoms with E-state index in [9.17, 15) is 4.79 Å². The van der Waals surface area contributed by atoms with E-state index in [4.69, 9.17) is 11.6 Å². The molecule has 0 amide bonds. The van der Waals surface area contributed by atoms with Crippen molar-refractivity contribution in [2.75, 3.05) is 24.3 Å². The van der Waals surface area contributed by atoms with Gasteiger partial charge in [-0.1, -0.05) is 41.9 Å². The molecule has 0 spiro atoms. The van der Waals surface area contributed by atoms with Gasteiger partial charge in [0.05, 0.1) is 5.52 Å². The fraction of sp³-hybridized carbons (Fsp3) is 0.0769. The summed E-state index contributed by atoms with van der Waals surface area (Å²) in [5, 5.41) is 5.00. The SMILES string of the molecule is CN(C)c1ccc(/C=C/C(=O)c2cccc(Nc3ccnc4cc(Cl)ccc34)c2)cc1. The van der Waals surface area contributed by atoms with E-state index in [1.165, 1.54) is 0 Å². The third-order valence-corrected chi connectivity index (χ3v) is 5.20. The van der Waals surface area contributed by atoms with Crippen LogP contribution in [0, 0.1) is 0 Å². The molecule has 1 N–H and O–H groups in total. The standard InChI is InChI=1S/C26H22ClN3O/c1-30(2)22-10-6-18(7-11-22)8-13-26(31)19-4-3-5-21(16-19)29-24-14-15-28-25-17-20(27)9-12-23(24)25/h3-17H,1-2H3,(H,28,29)/b13-8+. The summed E-state index contributed by atoms with van der Waals surface area (Å²) >= 11 is 6.08. The lowest BCUT2D eigenvalue weighted by Gasteiger charge is -2.11. The fourth-order valence-electron chi connectivity index (χ4n) is 3.29. The summed E-state index contributed by atoms with van der Waals surface area (Å²) in [6.07, 6.45) is 5.18. The average Bonchev–Trinajstić information content (AvgIpc) is 2.78. The van der Waals surface area contributed by atoms with Gasteiger partial charge in [-0.15, -0.1) is 0 Å². The summed E-state index contributed by atoms with van der Waals surface area (Å²) in [5.74, 6) is -0.0493. The highest BCUT2D eigenvalue weighted by Crippen LogP contribution is 2.27. The highest BCUT2D eigenvalue weighted by Gasteiger charge is 2.06. The summed E-state index contributed by atoms with van der Waals surface area (Å²) in [5.41, 5.74) is 5.27. The Hall–Kier alpha value is -3.63. The van der Waals surface area contributed by atoms with Gasteiger partial charge in [0.1, 0.15) is 0 Å². The summed E-state index contributed by atoms with van der Waals surface area (Å²) in [6, 6.07) is 23.0. The summed E-state index contributed by atoms with van der Waals surface area (Å²) in [7, 11) is 4.00. The molecule has 3 aromatic carbocycles. The lowest BCUT2D eigenvalue weighted by molar-refractivity contribution is 0.104. The molecule has 0 aliphatic rings. The van der Waals surface area contributed by atoms with E-state index in [0.29, 0.717) is 10.6 Å². The Bertz CT molecular complexity index is 1260. The highest BCUT2D eigenvalue weighted by atomic mass is 35.5. The Kier molecular flexibility index (Phi) is 6.01. The quantitative estimate of drug-likeness (QED) is 0.278. The van der Waals surface area contributed by atoms with Crippen molar-refractivity contribution in [1.29, 1.82) is 0 Å². The number of anilines is 3. The second-order valence-electron chi connectivity index (χ2n) is 7.41. The molecule has 0 unspecified atom stereocenters. The van der Waals surface area contributed by atoms with Crippen LogP contribution in [0.5, 0.6) is 0 Å². The number of halogens is 1. The fourth-order valence-corrected chi connectivity index (χ4v) is 3.45. The second-order valence-corrected chi connectivity index (χ2v) is 7.85. The smallest absolute Gasteiger partial charge is 0.185 e. The lowest BCUT2D eigenvalue weighted by atomic mass is 10.1. The molecule has 154 valence electrons. The van der Waals surface area contributed by atoms with Crippen molar-refractivity contribution >= 4 is 51.4 Å². The van der Waals surface area contributed by atoms with Crippen LogP contribution in [0.25, 0.3) is 17.0 Å². The first-order chi connectivity index (χ1) is 15.0. The lowest BCUT2D eigenvalue weighted by Crippen LogP contribution is -2.07. The summed E-state index contributed by atoms with van der Waals surface area (Å²) < 4.78 is 0. The number of ketones is 1. The van der Waals surface area contributed by atoms with Gasteiger partial charge < -0.3 is 10.2 Å². The number of carbonyl (C=O) groups is 1. The number of benzene rings is 3. The minimum atomic E-state index is -0.0493. The Labute approximate surface area is 186 Å². The first-order valence-electron chi connectivity index (χ1n) is 9.91. The maximum absolute atomic E-state index is 12.7. The maximum atomic E-state index is 12.7. The number of rotatable bonds is 6. The van der Waals surface area contributed by atoms with Gasteiger partial charge in [0.2, 0.25) is 0 Å². The molecule has 4 rings (SSSR count). The van der Waals surface area contributed by atoms with Crippen LogP contribution in [-0.2, 0) is 0 Å². The van der Waals surface area contributed by atoms with Crippen LogP contribution < -0.4 is 10.2 Å². The van der Waals surface area contributed by atoms with Crippen LogP contribution in [0.1, 0.15) is 15.9 Å². The van der Waals surface area contributed by atoms with Crippen LogP contribution in [0.15, 0.2) is 85.1 Å². The van der Waals surface area contributed by atoms with E-state index < -0.39 is 0 Å². The first kappa shape index (κ1) is 20.6. The van der Waals surface area contributed by atoms with Crippen LogP contribution in [-0.4, -0.2) is 24.9 Å². The molecule has 31 heavy (non-hydrogen) atoms. The molecular weight excluding hydrogens is 406 g/mol. The largest absolute Gasteiger partial charge is 0.378 e. The zero-order valence-corrected chi connectivity index (χ0v) is 18.1. The van der Waals surface area contributed by atoms with Crippen molar-refractivity contribution in [2.45, 2.75) is 0 Å². The molecule has 4 nitrogen and oxygen atoms in total. The van der Waals surface area contributed by atoms with Gasteiger partial charge in [-0.25, -0.2) is 0 Å². The van der Waals surface area contributed by atoms with Crippen molar-refractivity contribution in [3.63, 3.8) is 0 Å². The summed E-state index contributed by atoms with van der Waals surface area (Å²) in [4.78, 5) is 19.1. The zero-order chi connectivity index (χ0) is 21.8. The van der Waals surface area contributed by atoms with Crippen LogP contribution >= 0.6 is 11.6 Å². The Morgan fingerprint density at radius 2 is 1.81 bits per heavy atom. The molecule has 0 aliphatic carbocycles. The van der Waals surface area contributed by atoms with Gasteiger partial charge in [-0.05, 0) is 60.2 Å². The molecule has 0 atom stereocenters. The number of hydrogen-bond donors (Lipinski definition) is 1. The number of aromatic nitrogens is 1. The molecule has 0 saturated carbocycles. The summed E-state index contributed by atoms with van der Waals surface area (Å²) in [6.45, 7) is 0. The van der Waals surface area contributed by atoms with Crippen molar-refractivity contribution in [2.24, 2.45) is 0 Å². The van der Waals surface area contributed by atoms with Crippen LogP contribution in [0.4, 0.5) is 17.1 Å². The number of allylic oxidation sites excluding steroid dienone is 1. The third-order valence-electron chi connectivity index (χ3n) is 4.97. The first-order valence-corrected chi connectivity index (χ1v) is 10.3. The molecule has 0 radical (unpaired) electrons. The molecule has 4 aromatic rings. The van der Waals surface area contributed by atoms with Crippen molar-refractivity contribution in [3.8, 4) is 0 Å². The third kappa shape index (κ3) is 4.93. The molecule has 1 aromatic heterocycles. The molecule has 5 heteroatoms. The Morgan fingerprint density at radius 1 is 1.00 bits per heavy atom. The van der Waals surface area contributed by atoms with Crippen molar-refractivity contribution in [3.05, 3.63) is 101 Å². The zero-order valence-electron chi connectivity index (χ0n) is 17.3. The second kappa shape index (κ2) is 9.02. The van der Waals surface area contributed by atoms with Crippen molar-refractivity contribution < 1.29 is 4.79 Å². The highest BCUT2D eigenvalue weighted by molar-refractivity contribution is 6.31. The predicted molar refractivity (Wildman–Crippen MR) is 131 cm³/mol. The van der Waals surface area contributed by atoms with E-state index >= 15 is 0 Å². The van der Waals surface area contributed by atoms with Crippen LogP contribution in [0.3, 0.4) is 0 Å². The molecule has 0 saturated heterocycles. The van der Waals surface area contributed by atoms with E-state index in [1.54, 1.807) is 12.3 Å². The predicted octanol–water partition coefficient (Wildman–Crippen LogP) is 6.59. The topological polar surface area (TPSA) is 45.2 Å². The maximum Gasteiger partial charge on any atom is 0.185 e. The Morgan fingerprint density at radius 3 is 2.58 bits per heavy atom. The van der Waals surface area contributed by atoms with E-state index in [-0.39, 0.29) is 5.78 Å². The molecule has 0 aliphatic heterocycles. The molecule has 0 fully saturated rings. The number of nitrogens with zero attached hydrogens (tertiary/aromatic N) is 2. The van der Waals surface area contributed by atoms with Gasteiger partial charge in [-0.2, -0.15) is 0 Å². The van der Waals surface area contributed by atoms with Gasteiger partial charge in [0.25, 0.3) is 0 Å². The van der Waals surface area contributed by atoms with Gasteiger partial charge in [0.15, 0.2) is 5.78 Å². The number of hydrogen-bond acceptors (Lipinski definition) is 4. The molecule has 0 bridgehead atoms. The number of fused-ring (bicyclic) bond motifs is 1. The Balaban J connectivity index is 1.52. The minimum Gasteiger partial charge on any atom is -0.378 e. The average molecular weight is 428 g/mol. The number of nitrogens with one attached hydrogen (secondary N) is 1. The molecular formula is C26H22ClN3O. The van der Waals surface area contributed by atoms with Crippen LogP contribution in [0.2, 0.25) is 5.02 Å². The van der Waals surface area contributed by atoms with E-state index in [1.807, 2.05) is 97.9 Å². The number of carbonyl (C=O) groups excluding carboxylic acids is 1. The minimum absolute atomic E-state index is 0.0493.